The van der Waals surface area contributed by atoms with Gasteiger partial charge in [0.25, 0.3) is 0 Å². The van der Waals surface area contributed by atoms with E-state index in [4.69, 9.17) is 0 Å². The summed E-state index contributed by atoms with van der Waals surface area (Å²) in [6, 6.07) is 0. The number of carbonyl (C=O) groups excluding carboxylic acids is 1. The summed E-state index contributed by atoms with van der Waals surface area (Å²) in [6.45, 7) is 0.518. The number of esters is 1. The maximum absolute atomic E-state index is 12.0. The Bertz CT molecular complexity index is 142. The van der Waals surface area contributed by atoms with Crippen LogP contribution < -0.4 is 0 Å². The average Bonchev–Trinajstić information content (AvgIpc) is 1.96. The molecule has 72 valence electrons. The van der Waals surface area contributed by atoms with E-state index in [1.54, 1.807) is 0 Å². The summed E-state index contributed by atoms with van der Waals surface area (Å²) < 4.78 is 32.4. The van der Waals surface area contributed by atoms with E-state index in [0.29, 0.717) is 6.92 Å². The number of carbonyl (C=O) groups is 1. The zero-order valence-electron chi connectivity index (χ0n) is 7.10. The molecule has 0 bridgehead atoms. The molecule has 0 saturated heterocycles. The lowest BCUT2D eigenvalue weighted by Gasteiger charge is -2.10. The zero-order chi connectivity index (χ0) is 9.61. The quantitative estimate of drug-likeness (QED) is 0.478. The Labute approximate surface area is 69.6 Å². The highest BCUT2D eigenvalue weighted by Crippen LogP contribution is 2.13. The zero-order valence-corrected chi connectivity index (χ0v) is 7.10. The van der Waals surface area contributed by atoms with Gasteiger partial charge in [-0.15, -0.1) is 0 Å². The molecule has 0 aliphatic rings. The van der Waals surface area contributed by atoms with Gasteiger partial charge in [0, 0.05) is 13.3 Å². The minimum absolute atomic E-state index is 0.104. The second kappa shape index (κ2) is 5.03. The third kappa shape index (κ3) is 7.40. The highest BCUT2D eigenvalue weighted by molar-refractivity contribution is 5.68. The van der Waals surface area contributed by atoms with Crippen LogP contribution in [0.1, 0.15) is 19.8 Å². The van der Waals surface area contributed by atoms with E-state index in [1.807, 2.05) is 0 Å². The standard InChI is InChI=1S/C7H12F2O3/c1-7(8,9)12-5-3-4-6(10)11-2/h3-5H2,1-2H3. The van der Waals surface area contributed by atoms with E-state index >= 15 is 0 Å². The van der Waals surface area contributed by atoms with Gasteiger partial charge >= 0.3 is 12.1 Å². The Morgan fingerprint density at radius 3 is 2.50 bits per heavy atom. The molecule has 3 nitrogen and oxygen atoms in total. The highest BCUT2D eigenvalue weighted by atomic mass is 19.3. The Hall–Kier alpha value is -0.710. The number of hydrogen-bond donors (Lipinski definition) is 0. The molecule has 0 aliphatic carbocycles. The van der Waals surface area contributed by atoms with Crippen molar-refractivity contribution in [1.82, 2.24) is 0 Å². The lowest BCUT2D eigenvalue weighted by molar-refractivity contribution is -0.224. The molecule has 0 aromatic heterocycles. The van der Waals surface area contributed by atoms with Gasteiger partial charge in [0.15, 0.2) is 0 Å². The molecule has 0 rings (SSSR count). The number of alkyl halides is 2. The van der Waals surface area contributed by atoms with Gasteiger partial charge in [-0.1, -0.05) is 0 Å². The van der Waals surface area contributed by atoms with Crippen LogP contribution in [0.4, 0.5) is 8.78 Å². The van der Waals surface area contributed by atoms with Crippen LogP contribution in [0.25, 0.3) is 0 Å². The first-order chi connectivity index (χ1) is 5.45. The van der Waals surface area contributed by atoms with Gasteiger partial charge in [0.2, 0.25) is 0 Å². The van der Waals surface area contributed by atoms with E-state index in [0.717, 1.165) is 0 Å². The molecule has 0 heterocycles. The van der Waals surface area contributed by atoms with Crippen LogP contribution in [0, 0.1) is 0 Å². The normalized spacial score (nSPS) is 11.3. The minimum atomic E-state index is -3.11. The Kier molecular flexibility index (Phi) is 4.73. The summed E-state index contributed by atoms with van der Waals surface area (Å²) in [5, 5.41) is 0. The first-order valence-corrected chi connectivity index (χ1v) is 3.54. The molecule has 5 heteroatoms. The van der Waals surface area contributed by atoms with Gasteiger partial charge in [-0.3, -0.25) is 4.79 Å². The SMILES string of the molecule is COC(=O)CCCOC(C)(F)F. The second-order valence-corrected chi connectivity index (χ2v) is 2.34. The van der Waals surface area contributed by atoms with Crippen molar-refractivity contribution in [3.63, 3.8) is 0 Å². The summed E-state index contributed by atoms with van der Waals surface area (Å²) in [6.07, 6.45) is -2.77. The average molecular weight is 182 g/mol. The molecular weight excluding hydrogens is 170 g/mol. The van der Waals surface area contributed by atoms with Crippen LogP contribution in [0.5, 0.6) is 0 Å². The van der Waals surface area contributed by atoms with Gasteiger partial charge in [-0.25, -0.2) is 0 Å². The fourth-order valence-electron chi connectivity index (χ4n) is 0.570. The maximum Gasteiger partial charge on any atom is 0.352 e. The lowest BCUT2D eigenvalue weighted by Crippen LogP contribution is -2.16. The first-order valence-electron chi connectivity index (χ1n) is 3.54. The van der Waals surface area contributed by atoms with Crippen molar-refractivity contribution < 1.29 is 23.0 Å². The molecule has 0 atom stereocenters. The van der Waals surface area contributed by atoms with Crippen molar-refractivity contribution in [3.8, 4) is 0 Å². The van der Waals surface area contributed by atoms with Crippen LogP contribution in [-0.2, 0) is 14.3 Å². The maximum atomic E-state index is 12.0. The smallest absolute Gasteiger partial charge is 0.352 e. The third-order valence-corrected chi connectivity index (χ3v) is 1.11. The van der Waals surface area contributed by atoms with Crippen LogP contribution >= 0.6 is 0 Å². The summed E-state index contributed by atoms with van der Waals surface area (Å²) in [5.41, 5.74) is 0. The predicted molar refractivity (Wildman–Crippen MR) is 37.8 cm³/mol. The topological polar surface area (TPSA) is 35.5 Å². The predicted octanol–water partition coefficient (Wildman–Crippen LogP) is 1.57. The van der Waals surface area contributed by atoms with Crippen molar-refractivity contribution in [2.24, 2.45) is 0 Å². The molecule has 0 aliphatic heterocycles. The van der Waals surface area contributed by atoms with Crippen molar-refractivity contribution in [3.05, 3.63) is 0 Å². The third-order valence-electron chi connectivity index (χ3n) is 1.11. The summed E-state index contributed by atoms with van der Waals surface area (Å²) >= 11 is 0. The van der Waals surface area contributed by atoms with E-state index in [-0.39, 0.29) is 19.4 Å². The molecule has 0 N–H and O–H groups in total. The Morgan fingerprint density at radius 2 is 2.08 bits per heavy atom. The van der Waals surface area contributed by atoms with Crippen molar-refractivity contribution in [2.45, 2.75) is 25.9 Å². The molecule has 0 radical (unpaired) electrons. The van der Waals surface area contributed by atoms with E-state index in [1.165, 1.54) is 7.11 Å². The molecule has 0 fully saturated rings. The van der Waals surface area contributed by atoms with Crippen molar-refractivity contribution in [1.29, 1.82) is 0 Å². The van der Waals surface area contributed by atoms with Gasteiger partial charge < -0.3 is 9.47 Å². The number of halogens is 2. The fourth-order valence-corrected chi connectivity index (χ4v) is 0.570. The fraction of sp³-hybridized carbons (Fsp3) is 0.857. The summed E-state index contributed by atoms with van der Waals surface area (Å²) in [7, 11) is 1.25. The Balaban J connectivity index is 3.28. The molecule has 0 aromatic rings. The van der Waals surface area contributed by atoms with Gasteiger partial charge in [-0.05, 0) is 6.42 Å². The largest absolute Gasteiger partial charge is 0.469 e. The number of methoxy groups -OCH3 is 1. The molecule has 0 amide bonds. The minimum Gasteiger partial charge on any atom is -0.469 e. The van der Waals surface area contributed by atoms with Crippen LogP contribution in [-0.4, -0.2) is 25.8 Å². The molecule has 0 unspecified atom stereocenters. The van der Waals surface area contributed by atoms with E-state index in [2.05, 4.69) is 9.47 Å². The highest BCUT2D eigenvalue weighted by Gasteiger charge is 2.20. The molecular formula is C7H12F2O3. The van der Waals surface area contributed by atoms with Crippen LogP contribution in [0.3, 0.4) is 0 Å². The first kappa shape index (κ1) is 11.3. The number of hydrogen-bond acceptors (Lipinski definition) is 3. The van der Waals surface area contributed by atoms with Gasteiger partial charge in [0.05, 0.1) is 13.7 Å². The Morgan fingerprint density at radius 1 is 1.50 bits per heavy atom. The number of rotatable bonds is 5. The van der Waals surface area contributed by atoms with Gasteiger partial charge in [-0.2, -0.15) is 8.78 Å². The van der Waals surface area contributed by atoms with E-state index < -0.39 is 12.1 Å². The van der Waals surface area contributed by atoms with Crippen LogP contribution in [0.15, 0.2) is 0 Å². The lowest BCUT2D eigenvalue weighted by atomic mass is 10.3. The summed E-state index contributed by atoms with van der Waals surface area (Å²) in [4.78, 5) is 10.5. The molecule has 0 aromatic carbocycles. The van der Waals surface area contributed by atoms with E-state index in [9.17, 15) is 13.6 Å². The van der Waals surface area contributed by atoms with Crippen molar-refractivity contribution >= 4 is 5.97 Å². The van der Waals surface area contributed by atoms with Crippen LogP contribution in [0.2, 0.25) is 0 Å². The molecule has 0 saturated carbocycles. The monoisotopic (exact) mass is 182 g/mol. The molecule has 0 spiro atoms. The number of ether oxygens (including phenoxy) is 2. The summed E-state index contributed by atoms with van der Waals surface area (Å²) in [5.74, 6) is -0.419. The second-order valence-electron chi connectivity index (χ2n) is 2.34. The molecule has 12 heavy (non-hydrogen) atoms. The van der Waals surface area contributed by atoms with Gasteiger partial charge in [0.1, 0.15) is 0 Å². The van der Waals surface area contributed by atoms with Crippen molar-refractivity contribution in [2.75, 3.05) is 13.7 Å².